The summed E-state index contributed by atoms with van der Waals surface area (Å²) in [6.07, 6.45) is 0. The van der Waals surface area contributed by atoms with Gasteiger partial charge >= 0.3 is 0 Å². The molecule has 0 aliphatic carbocycles. The van der Waals surface area contributed by atoms with Crippen LogP contribution < -0.4 is 4.74 Å². The first kappa shape index (κ1) is 15.5. The summed E-state index contributed by atoms with van der Waals surface area (Å²) >= 11 is 0. The van der Waals surface area contributed by atoms with Crippen LogP contribution in [0.4, 0.5) is 0 Å². The summed E-state index contributed by atoms with van der Waals surface area (Å²) in [5, 5.41) is 0. The number of hydrogen-bond donors (Lipinski definition) is 0. The van der Waals surface area contributed by atoms with Gasteiger partial charge in [-0.3, -0.25) is 4.79 Å². The maximum atomic E-state index is 12.6. The number of amides is 1. The molecule has 0 N–H and O–H groups in total. The van der Waals surface area contributed by atoms with Gasteiger partial charge in [-0.15, -0.1) is 0 Å². The van der Waals surface area contributed by atoms with Crippen molar-refractivity contribution in [2.75, 3.05) is 0 Å². The van der Waals surface area contributed by atoms with Crippen molar-refractivity contribution in [3.8, 4) is 11.5 Å². The minimum atomic E-state index is 0.0191. The summed E-state index contributed by atoms with van der Waals surface area (Å²) in [5.74, 6) is 1.71. The van der Waals surface area contributed by atoms with Crippen molar-refractivity contribution in [3.63, 3.8) is 0 Å². The summed E-state index contributed by atoms with van der Waals surface area (Å²) in [6.45, 7) is 2.73. The molecule has 3 heteroatoms. The molecule has 25 heavy (non-hydrogen) atoms. The molecule has 1 aliphatic heterocycles. The van der Waals surface area contributed by atoms with Crippen LogP contribution in [-0.2, 0) is 6.54 Å². The quantitative estimate of drug-likeness (QED) is 0.659. The molecule has 3 aromatic rings. The van der Waals surface area contributed by atoms with Crippen LogP contribution in [0.3, 0.4) is 0 Å². The number of carbonyl (C=O) groups excluding carboxylic acids is 1. The Kier molecular flexibility index (Phi) is 3.98. The van der Waals surface area contributed by atoms with E-state index in [1.807, 2.05) is 83.8 Å². The molecule has 124 valence electrons. The van der Waals surface area contributed by atoms with Crippen LogP contribution in [0.25, 0.3) is 0 Å². The third-order valence-electron chi connectivity index (χ3n) is 4.66. The van der Waals surface area contributed by atoms with Crippen molar-refractivity contribution in [1.29, 1.82) is 0 Å². The summed E-state index contributed by atoms with van der Waals surface area (Å²) in [6, 6.07) is 25.5. The lowest BCUT2D eigenvalue weighted by Crippen LogP contribution is -2.27. The Morgan fingerprint density at radius 1 is 0.840 bits per heavy atom. The molecule has 0 saturated heterocycles. The van der Waals surface area contributed by atoms with Crippen molar-refractivity contribution in [1.82, 2.24) is 4.90 Å². The van der Waals surface area contributed by atoms with Crippen molar-refractivity contribution < 1.29 is 9.53 Å². The fourth-order valence-electron chi connectivity index (χ4n) is 3.21. The Hall–Kier alpha value is -3.07. The largest absolute Gasteiger partial charge is 0.457 e. The summed E-state index contributed by atoms with van der Waals surface area (Å²) in [7, 11) is 0. The highest BCUT2D eigenvalue weighted by Crippen LogP contribution is 2.32. The van der Waals surface area contributed by atoms with Crippen LogP contribution >= 0.6 is 0 Å². The molecule has 0 spiro atoms. The Morgan fingerprint density at radius 2 is 1.48 bits per heavy atom. The average molecular weight is 329 g/mol. The summed E-state index contributed by atoms with van der Waals surface area (Å²) in [4.78, 5) is 14.5. The first-order chi connectivity index (χ1) is 12.2. The third-order valence-corrected chi connectivity index (χ3v) is 4.66. The monoisotopic (exact) mass is 329 g/mol. The standard InChI is InChI=1S/C22H19NO2/c1-16(23-15-18-7-5-6-10-21(18)22(23)24)17-11-13-20(14-12-17)25-19-8-3-2-4-9-19/h2-14,16H,15H2,1H3. The Labute approximate surface area is 147 Å². The summed E-state index contributed by atoms with van der Waals surface area (Å²) < 4.78 is 5.83. The van der Waals surface area contributed by atoms with Crippen LogP contribution in [0.15, 0.2) is 78.9 Å². The molecular formula is C22H19NO2. The Morgan fingerprint density at radius 3 is 2.20 bits per heavy atom. The van der Waals surface area contributed by atoms with E-state index in [1.165, 1.54) is 0 Å². The molecule has 3 nitrogen and oxygen atoms in total. The van der Waals surface area contributed by atoms with Gasteiger partial charge < -0.3 is 9.64 Å². The van der Waals surface area contributed by atoms with Gasteiger partial charge in [-0.25, -0.2) is 0 Å². The fourth-order valence-corrected chi connectivity index (χ4v) is 3.21. The van der Waals surface area contributed by atoms with Crippen molar-refractivity contribution in [2.45, 2.75) is 19.5 Å². The zero-order chi connectivity index (χ0) is 17.2. The number of nitrogens with zero attached hydrogens (tertiary/aromatic N) is 1. The number of rotatable bonds is 4. The van der Waals surface area contributed by atoms with Crippen molar-refractivity contribution >= 4 is 5.91 Å². The predicted molar refractivity (Wildman–Crippen MR) is 97.7 cm³/mol. The van der Waals surface area contributed by atoms with E-state index in [1.54, 1.807) is 0 Å². The molecule has 1 aliphatic rings. The maximum Gasteiger partial charge on any atom is 0.255 e. The molecule has 0 fully saturated rings. The highest BCUT2D eigenvalue weighted by Gasteiger charge is 2.30. The van der Waals surface area contributed by atoms with Gasteiger partial charge in [-0.05, 0) is 48.4 Å². The molecule has 3 aromatic carbocycles. The molecule has 1 amide bonds. The molecule has 1 atom stereocenters. The average Bonchev–Trinajstić information content (AvgIpc) is 3.00. The molecule has 0 bridgehead atoms. The summed E-state index contributed by atoms with van der Waals surface area (Å²) in [5.41, 5.74) is 3.02. The highest BCUT2D eigenvalue weighted by atomic mass is 16.5. The first-order valence-corrected chi connectivity index (χ1v) is 8.44. The van der Waals surface area contributed by atoms with E-state index in [0.717, 1.165) is 28.2 Å². The van der Waals surface area contributed by atoms with Gasteiger partial charge in [-0.2, -0.15) is 0 Å². The van der Waals surface area contributed by atoms with E-state index < -0.39 is 0 Å². The van der Waals surface area contributed by atoms with Gasteiger partial charge in [-0.1, -0.05) is 48.5 Å². The normalized spacial score (nSPS) is 14.3. The van der Waals surface area contributed by atoms with E-state index in [4.69, 9.17) is 4.74 Å². The van der Waals surface area contributed by atoms with E-state index in [-0.39, 0.29) is 11.9 Å². The fraction of sp³-hybridized carbons (Fsp3) is 0.136. The highest BCUT2D eigenvalue weighted by molar-refractivity contribution is 5.98. The maximum absolute atomic E-state index is 12.6. The zero-order valence-electron chi connectivity index (χ0n) is 14.1. The van der Waals surface area contributed by atoms with Gasteiger partial charge in [0.1, 0.15) is 11.5 Å². The first-order valence-electron chi connectivity index (χ1n) is 8.44. The minimum Gasteiger partial charge on any atom is -0.457 e. The van der Waals surface area contributed by atoms with Crippen LogP contribution in [-0.4, -0.2) is 10.8 Å². The molecule has 0 aromatic heterocycles. The van der Waals surface area contributed by atoms with E-state index >= 15 is 0 Å². The third kappa shape index (κ3) is 3.01. The number of benzene rings is 3. The van der Waals surface area contributed by atoms with E-state index in [2.05, 4.69) is 6.92 Å². The van der Waals surface area contributed by atoms with Gasteiger partial charge in [0.2, 0.25) is 0 Å². The molecule has 1 heterocycles. The molecule has 4 rings (SSSR count). The molecular weight excluding hydrogens is 310 g/mol. The lowest BCUT2D eigenvalue weighted by molar-refractivity contribution is 0.0716. The number of carbonyl (C=O) groups is 1. The molecule has 0 radical (unpaired) electrons. The second kappa shape index (κ2) is 6.44. The van der Waals surface area contributed by atoms with Crippen molar-refractivity contribution in [3.05, 3.63) is 95.6 Å². The number of fused-ring (bicyclic) bond motifs is 1. The lowest BCUT2D eigenvalue weighted by Gasteiger charge is -2.24. The van der Waals surface area contributed by atoms with Crippen molar-refractivity contribution in [2.24, 2.45) is 0 Å². The second-order valence-electron chi connectivity index (χ2n) is 6.25. The van der Waals surface area contributed by atoms with Gasteiger partial charge in [0.25, 0.3) is 5.91 Å². The van der Waals surface area contributed by atoms with Gasteiger partial charge in [0, 0.05) is 12.1 Å². The van der Waals surface area contributed by atoms with Crippen LogP contribution in [0.2, 0.25) is 0 Å². The number of ether oxygens (including phenoxy) is 1. The van der Waals surface area contributed by atoms with E-state index in [0.29, 0.717) is 6.54 Å². The number of hydrogen-bond acceptors (Lipinski definition) is 2. The smallest absolute Gasteiger partial charge is 0.255 e. The SMILES string of the molecule is CC(c1ccc(Oc2ccccc2)cc1)N1Cc2ccccc2C1=O. The van der Waals surface area contributed by atoms with Gasteiger partial charge in [0.15, 0.2) is 0 Å². The van der Waals surface area contributed by atoms with Crippen LogP contribution in [0.1, 0.15) is 34.5 Å². The Bertz CT molecular complexity index is 887. The Balaban J connectivity index is 1.50. The zero-order valence-corrected chi connectivity index (χ0v) is 14.1. The minimum absolute atomic E-state index is 0.0191. The van der Waals surface area contributed by atoms with Crippen LogP contribution in [0.5, 0.6) is 11.5 Å². The predicted octanol–water partition coefficient (Wildman–Crippen LogP) is 5.20. The number of para-hydroxylation sites is 1. The van der Waals surface area contributed by atoms with Crippen LogP contribution in [0, 0.1) is 0 Å². The topological polar surface area (TPSA) is 29.5 Å². The lowest BCUT2D eigenvalue weighted by atomic mass is 10.1. The van der Waals surface area contributed by atoms with Gasteiger partial charge in [0.05, 0.1) is 6.04 Å². The molecule has 1 unspecified atom stereocenters. The second-order valence-corrected chi connectivity index (χ2v) is 6.25. The molecule has 0 saturated carbocycles. The van der Waals surface area contributed by atoms with E-state index in [9.17, 15) is 4.79 Å².